The molecule has 25 heavy (non-hydrogen) atoms. The molecule has 134 valence electrons. The summed E-state index contributed by atoms with van der Waals surface area (Å²) in [6, 6.07) is 5.91. The summed E-state index contributed by atoms with van der Waals surface area (Å²) in [6.45, 7) is 4.35. The number of aromatic nitrogens is 1. The average Bonchev–Trinajstić information content (AvgIpc) is 3.12. The largest absolute Gasteiger partial charge is 0.385 e. The summed E-state index contributed by atoms with van der Waals surface area (Å²) in [6.07, 6.45) is 4.40. The fourth-order valence-electron chi connectivity index (χ4n) is 2.73. The number of nitrogens with zero attached hydrogens (tertiary/aromatic N) is 2. The van der Waals surface area contributed by atoms with E-state index in [9.17, 15) is 4.79 Å². The molecule has 0 bridgehead atoms. The van der Waals surface area contributed by atoms with Crippen LogP contribution in [-0.2, 0) is 9.47 Å². The molecule has 1 saturated heterocycles. The van der Waals surface area contributed by atoms with Crippen LogP contribution in [0.15, 0.2) is 30.6 Å². The van der Waals surface area contributed by atoms with Crippen molar-refractivity contribution >= 4 is 22.2 Å². The van der Waals surface area contributed by atoms with E-state index in [4.69, 9.17) is 9.47 Å². The van der Waals surface area contributed by atoms with Crippen molar-refractivity contribution in [1.29, 1.82) is 0 Å². The van der Waals surface area contributed by atoms with Crippen LogP contribution in [0.5, 0.6) is 0 Å². The summed E-state index contributed by atoms with van der Waals surface area (Å²) in [5, 5.41) is 4.07. The van der Waals surface area contributed by atoms with Gasteiger partial charge >= 0.3 is 0 Å². The first-order valence-corrected chi connectivity index (χ1v) is 9.25. The molecule has 6 nitrogen and oxygen atoms in total. The van der Waals surface area contributed by atoms with Gasteiger partial charge in [0.25, 0.3) is 5.91 Å². The standard InChI is InChI=1S/C18H23N3O3S/c1-23-9-3-6-20-17(22)16-12-15(14-4-2-5-19-13-14)18(25-16)21-7-10-24-11-8-21/h2,4-5,12-13H,3,6-11H2,1H3,(H,20,22). The lowest BCUT2D eigenvalue weighted by molar-refractivity contribution is 0.0952. The number of methoxy groups -OCH3 is 1. The highest BCUT2D eigenvalue weighted by Crippen LogP contribution is 2.39. The van der Waals surface area contributed by atoms with Gasteiger partial charge in [0.15, 0.2) is 0 Å². The number of hydrogen-bond donors (Lipinski definition) is 1. The SMILES string of the molecule is COCCCNC(=O)c1cc(-c2cccnc2)c(N2CCOCC2)s1. The van der Waals surface area contributed by atoms with Crippen LogP contribution in [0, 0.1) is 0 Å². The minimum Gasteiger partial charge on any atom is -0.385 e. The third-order valence-corrected chi connectivity index (χ3v) is 5.21. The van der Waals surface area contributed by atoms with Crippen molar-refractivity contribution in [3.8, 4) is 11.1 Å². The number of carbonyl (C=O) groups excluding carboxylic acids is 1. The summed E-state index contributed by atoms with van der Waals surface area (Å²) in [5.74, 6) is -0.0363. The number of morpholine rings is 1. The number of hydrogen-bond acceptors (Lipinski definition) is 6. The number of rotatable bonds is 7. The molecule has 0 atom stereocenters. The Labute approximate surface area is 151 Å². The van der Waals surface area contributed by atoms with Gasteiger partial charge in [0.1, 0.15) is 0 Å². The van der Waals surface area contributed by atoms with Crippen molar-refractivity contribution < 1.29 is 14.3 Å². The zero-order valence-electron chi connectivity index (χ0n) is 14.4. The zero-order valence-corrected chi connectivity index (χ0v) is 15.2. The van der Waals surface area contributed by atoms with Crippen molar-refractivity contribution in [1.82, 2.24) is 10.3 Å². The molecule has 1 aliphatic heterocycles. The Kier molecular flexibility index (Phi) is 6.38. The smallest absolute Gasteiger partial charge is 0.261 e. The van der Waals surface area contributed by atoms with E-state index in [1.54, 1.807) is 13.3 Å². The predicted molar refractivity (Wildman–Crippen MR) is 99.4 cm³/mol. The van der Waals surface area contributed by atoms with Crippen LogP contribution in [-0.4, -0.2) is 57.5 Å². The van der Waals surface area contributed by atoms with E-state index >= 15 is 0 Å². The molecule has 1 aliphatic rings. The van der Waals surface area contributed by atoms with E-state index in [0.717, 1.165) is 40.5 Å². The zero-order chi connectivity index (χ0) is 17.5. The molecule has 2 aromatic heterocycles. The molecule has 0 saturated carbocycles. The minimum absolute atomic E-state index is 0.0363. The molecule has 0 radical (unpaired) electrons. The lowest BCUT2D eigenvalue weighted by Gasteiger charge is -2.28. The minimum atomic E-state index is -0.0363. The van der Waals surface area contributed by atoms with Gasteiger partial charge in [0.2, 0.25) is 0 Å². The molecule has 1 N–H and O–H groups in total. The number of anilines is 1. The van der Waals surface area contributed by atoms with Gasteiger partial charge in [-0.3, -0.25) is 9.78 Å². The van der Waals surface area contributed by atoms with Gasteiger partial charge in [-0.15, -0.1) is 11.3 Å². The Morgan fingerprint density at radius 2 is 2.28 bits per heavy atom. The van der Waals surface area contributed by atoms with Crippen molar-refractivity contribution in [2.75, 3.05) is 51.5 Å². The first-order chi connectivity index (χ1) is 12.3. The van der Waals surface area contributed by atoms with Crippen LogP contribution < -0.4 is 10.2 Å². The molecule has 2 aromatic rings. The summed E-state index contributed by atoms with van der Waals surface area (Å²) < 4.78 is 10.5. The average molecular weight is 361 g/mol. The molecule has 1 amide bonds. The van der Waals surface area contributed by atoms with Gasteiger partial charge in [-0.25, -0.2) is 0 Å². The topological polar surface area (TPSA) is 63.7 Å². The molecule has 0 aliphatic carbocycles. The monoisotopic (exact) mass is 361 g/mol. The third-order valence-electron chi connectivity index (χ3n) is 4.02. The van der Waals surface area contributed by atoms with Crippen molar-refractivity contribution in [2.45, 2.75) is 6.42 Å². The maximum Gasteiger partial charge on any atom is 0.261 e. The van der Waals surface area contributed by atoms with E-state index in [1.807, 2.05) is 24.4 Å². The van der Waals surface area contributed by atoms with Crippen LogP contribution in [0.2, 0.25) is 0 Å². The molecule has 1 fully saturated rings. The van der Waals surface area contributed by atoms with Gasteiger partial charge < -0.3 is 19.7 Å². The fourth-order valence-corrected chi connectivity index (χ4v) is 3.88. The summed E-state index contributed by atoms with van der Waals surface area (Å²) in [4.78, 5) is 19.7. The number of amides is 1. The van der Waals surface area contributed by atoms with Gasteiger partial charge in [-0.05, 0) is 18.6 Å². The molecule has 0 unspecified atom stereocenters. The Bertz CT molecular complexity index is 684. The second kappa shape index (κ2) is 8.94. The van der Waals surface area contributed by atoms with Crippen LogP contribution in [0.1, 0.15) is 16.1 Å². The summed E-state index contributed by atoms with van der Waals surface area (Å²) in [5.41, 5.74) is 2.08. The Morgan fingerprint density at radius 3 is 3.00 bits per heavy atom. The molecule has 7 heteroatoms. The highest BCUT2D eigenvalue weighted by molar-refractivity contribution is 7.18. The fraction of sp³-hybridized carbons (Fsp3) is 0.444. The molecule has 0 aromatic carbocycles. The van der Waals surface area contributed by atoms with E-state index in [-0.39, 0.29) is 5.91 Å². The highest BCUT2D eigenvalue weighted by Gasteiger charge is 2.21. The van der Waals surface area contributed by atoms with Gasteiger partial charge in [-0.2, -0.15) is 0 Å². The lowest BCUT2D eigenvalue weighted by atomic mass is 10.1. The lowest BCUT2D eigenvalue weighted by Crippen LogP contribution is -2.35. The Hall–Kier alpha value is -1.96. The van der Waals surface area contributed by atoms with Crippen LogP contribution in [0.3, 0.4) is 0 Å². The van der Waals surface area contributed by atoms with Crippen LogP contribution >= 0.6 is 11.3 Å². The predicted octanol–water partition coefficient (Wildman–Crippen LogP) is 2.41. The second-order valence-electron chi connectivity index (χ2n) is 5.77. The Balaban J connectivity index is 1.82. The summed E-state index contributed by atoms with van der Waals surface area (Å²) >= 11 is 1.53. The maximum atomic E-state index is 12.5. The number of ether oxygens (including phenoxy) is 2. The van der Waals surface area contributed by atoms with E-state index in [0.29, 0.717) is 26.4 Å². The van der Waals surface area contributed by atoms with Crippen molar-refractivity contribution in [3.05, 3.63) is 35.5 Å². The van der Waals surface area contributed by atoms with Crippen LogP contribution in [0.4, 0.5) is 5.00 Å². The first kappa shape index (κ1) is 17.8. The quantitative estimate of drug-likeness (QED) is 0.768. The number of nitrogens with one attached hydrogen (secondary N) is 1. The Morgan fingerprint density at radius 1 is 1.44 bits per heavy atom. The molecular weight excluding hydrogens is 338 g/mol. The normalized spacial score (nSPS) is 14.5. The number of pyridine rings is 1. The van der Waals surface area contributed by atoms with Crippen LogP contribution in [0.25, 0.3) is 11.1 Å². The molecule has 0 spiro atoms. The van der Waals surface area contributed by atoms with Crippen molar-refractivity contribution in [2.24, 2.45) is 0 Å². The molecular formula is C18H23N3O3S. The van der Waals surface area contributed by atoms with E-state index < -0.39 is 0 Å². The van der Waals surface area contributed by atoms with Gasteiger partial charge in [0, 0.05) is 56.9 Å². The number of thiophene rings is 1. The van der Waals surface area contributed by atoms with Gasteiger partial charge in [-0.1, -0.05) is 6.07 Å². The highest BCUT2D eigenvalue weighted by atomic mass is 32.1. The molecule has 3 heterocycles. The second-order valence-corrected chi connectivity index (χ2v) is 6.80. The van der Waals surface area contributed by atoms with E-state index in [2.05, 4.69) is 15.2 Å². The van der Waals surface area contributed by atoms with Crippen molar-refractivity contribution in [3.63, 3.8) is 0 Å². The third kappa shape index (κ3) is 4.56. The summed E-state index contributed by atoms with van der Waals surface area (Å²) in [7, 11) is 1.66. The number of carbonyl (C=O) groups is 1. The maximum absolute atomic E-state index is 12.5. The van der Waals surface area contributed by atoms with Gasteiger partial charge in [0.05, 0.1) is 23.1 Å². The molecule has 3 rings (SSSR count). The first-order valence-electron chi connectivity index (χ1n) is 8.43. The van der Waals surface area contributed by atoms with E-state index in [1.165, 1.54) is 11.3 Å².